The van der Waals surface area contributed by atoms with Gasteiger partial charge in [0.2, 0.25) is 11.8 Å². The fourth-order valence-electron chi connectivity index (χ4n) is 4.65. The molecule has 40 heavy (non-hydrogen) atoms. The van der Waals surface area contributed by atoms with Gasteiger partial charge in [-0.3, -0.25) is 13.9 Å². The minimum absolute atomic E-state index is 0.0408. The van der Waals surface area contributed by atoms with Gasteiger partial charge in [-0.1, -0.05) is 65.8 Å². The molecule has 7 nitrogen and oxygen atoms in total. The summed E-state index contributed by atoms with van der Waals surface area (Å²) < 4.78 is 28.6. The Kier molecular flexibility index (Phi) is 10.0. The van der Waals surface area contributed by atoms with Crippen molar-refractivity contribution in [3.05, 3.63) is 93.4 Å². The average Bonchev–Trinajstić information content (AvgIpc) is 3.44. The normalized spacial score (nSPS) is 14.5. The van der Waals surface area contributed by atoms with E-state index in [9.17, 15) is 18.0 Å². The number of amides is 2. The Balaban J connectivity index is 1.68. The number of nitrogens with zero attached hydrogens (tertiary/aromatic N) is 2. The van der Waals surface area contributed by atoms with Crippen LogP contribution in [0.25, 0.3) is 0 Å². The highest BCUT2D eigenvalue weighted by Crippen LogP contribution is 2.28. The number of rotatable bonds is 10. The monoisotopic (exact) mass is 621 g/mol. The van der Waals surface area contributed by atoms with Gasteiger partial charge in [0, 0.05) is 27.7 Å². The lowest BCUT2D eigenvalue weighted by Crippen LogP contribution is -2.52. The van der Waals surface area contributed by atoms with Crippen LogP contribution in [0.5, 0.6) is 0 Å². The zero-order chi connectivity index (χ0) is 28.9. The number of hydrogen-bond donors (Lipinski definition) is 1. The molecule has 1 aliphatic rings. The maximum atomic E-state index is 14.0. The largest absolute Gasteiger partial charge is 0.352 e. The first-order chi connectivity index (χ1) is 19.0. The quantitative estimate of drug-likeness (QED) is 0.287. The molecule has 0 aliphatic heterocycles. The molecule has 1 fully saturated rings. The second-order valence-corrected chi connectivity index (χ2v) is 12.9. The zero-order valence-electron chi connectivity index (χ0n) is 21.9. The van der Waals surface area contributed by atoms with Crippen LogP contribution >= 0.6 is 34.8 Å². The molecular formula is C29H30Cl3N3O4S. The van der Waals surface area contributed by atoms with Crippen LogP contribution < -0.4 is 9.62 Å². The van der Waals surface area contributed by atoms with Gasteiger partial charge < -0.3 is 10.2 Å². The van der Waals surface area contributed by atoms with E-state index in [0.29, 0.717) is 15.1 Å². The smallest absolute Gasteiger partial charge is 0.264 e. The maximum Gasteiger partial charge on any atom is 0.264 e. The third kappa shape index (κ3) is 7.49. The fourth-order valence-corrected chi connectivity index (χ4v) is 6.50. The fraction of sp³-hybridized carbons (Fsp3) is 0.310. The van der Waals surface area contributed by atoms with Crippen LogP contribution in [0.1, 0.15) is 38.2 Å². The van der Waals surface area contributed by atoms with E-state index in [1.54, 1.807) is 49.4 Å². The third-order valence-electron chi connectivity index (χ3n) is 6.91. The van der Waals surface area contributed by atoms with Gasteiger partial charge in [-0.15, -0.1) is 0 Å². The van der Waals surface area contributed by atoms with Gasteiger partial charge in [0.25, 0.3) is 10.0 Å². The Labute approximate surface area is 250 Å². The summed E-state index contributed by atoms with van der Waals surface area (Å²) in [4.78, 5) is 28.6. The van der Waals surface area contributed by atoms with E-state index in [4.69, 9.17) is 34.8 Å². The Bertz CT molecular complexity index is 1440. The van der Waals surface area contributed by atoms with Gasteiger partial charge in [0.15, 0.2) is 0 Å². The van der Waals surface area contributed by atoms with Gasteiger partial charge in [-0.2, -0.15) is 0 Å². The molecule has 0 radical (unpaired) electrons. The molecule has 0 aromatic heterocycles. The summed E-state index contributed by atoms with van der Waals surface area (Å²) in [6.45, 7) is 1.18. The van der Waals surface area contributed by atoms with E-state index >= 15 is 0 Å². The number of benzene rings is 3. The predicted octanol–water partition coefficient (Wildman–Crippen LogP) is 6.32. The van der Waals surface area contributed by atoms with Gasteiger partial charge >= 0.3 is 0 Å². The summed E-state index contributed by atoms with van der Waals surface area (Å²) in [5.74, 6) is -0.842. The second kappa shape index (κ2) is 13.3. The first-order valence-corrected chi connectivity index (χ1v) is 15.5. The van der Waals surface area contributed by atoms with Gasteiger partial charge in [-0.25, -0.2) is 8.42 Å². The van der Waals surface area contributed by atoms with Crippen LogP contribution in [0.2, 0.25) is 15.1 Å². The molecule has 0 saturated heterocycles. The minimum atomic E-state index is -4.21. The highest BCUT2D eigenvalue weighted by molar-refractivity contribution is 7.92. The van der Waals surface area contributed by atoms with Crippen molar-refractivity contribution in [1.29, 1.82) is 0 Å². The molecule has 0 bridgehead atoms. The first kappa shape index (κ1) is 30.2. The molecular weight excluding hydrogens is 593 g/mol. The molecule has 1 N–H and O–H groups in total. The summed E-state index contributed by atoms with van der Waals surface area (Å²) in [7, 11) is -4.21. The van der Waals surface area contributed by atoms with Crippen molar-refractivity contribution in [2.45, 2.75) is 56.1 Å². The number of halogens is 3. The number of nitrogens with one attached hydrogen (secondary N) is 1. The summed E-state index contributed by atoms with van der Waals surface area (Å²) in [6.07, 6.45) is 3.88. The Morgan fingerprint density at radius 1 is 0.900 bits per heavy atom. The SMILES string of the molecule is C[C@@H](C(=O)NC1CCCC1)N(Cc1ccc(Cl)cc1)C(=O)CN(c1cccc(Cl)c1)S(=O)(=O)c1ccc(Cl)cc1. The number of hydrogen-bond acceptors (Lipinski definition) is 4. The summed E-state index contributed by atoms with van der Waals surface area (Å²) in [5.41, 5.74) is 0.957. The maximum absolute atomic E-state index is 14.0. The standard InChI is InChI=1S/C29H30Cl3N3O4S/c1-20(29(37)33-25-6-2-3-7-25)34(18-21-9-11-22(30)12-10-21)28(36)19-35(26-8-4-5-24(32)17-26)40(38,39)27-15-13-23(31)14-16-27/h4-5,8-17,20,25H,2-3,6-7,18-19H2,1H3,(H,33,37)/t20-/m0/s1. The molecule has 0 heterocycles. The minimum Gasteiger partial charge on any atom is -0.352 e. The molecule has 4 rings (SSSR count). The number of carbonyl (C=O) groups is 2. The number of sulfonamides is 1. The Hall–Kier alpha value is -2.78. The molecule has 3 aromatic rings. The summed E-state index contributed by atoms with van der Waals surface area (Å²) >= 11 is 18.2. The molecule has 0 unspecified atom stereocenters. The molecule has 2 amide bonds. The van der Waals surface area contributed by atoms with Gasteiger partial charge in [-0.05, 0) is 79.9 Å². The Morgan fingerprint density at radius 2 is 1.50 bits per heavy atom. The topological polar surface area (TPSA) is 86.8 Å². The first-order valence-electron chi connectivity index (χ1n) is 12.9. The van der Waals surface area contributed by atoms with E-state index in [1.807, 2.05) is 0 Å². The highest BCUT2D eigenvalue weighted by Gasteiger charge is 2.33. The van der Waals surface area contributed by atoms with Crippen LogP contribution in [0.15, 0.2) is 77.7 Å². The van der Waals surface area contributed by atoms with Crippen LogP contribution in [-0.4, -0.2) is 43.8 Å². The van der Waals surface area contributed by atoms with Crippen molar-refractivity contribution in [1.82, 2.24) is 10.2 Å². The lowest BCUT2D eigenvalue weighted by atomic mass is 10.1. The second-order valence-electron chi connectivity index (χ2n) is 9.76. The average molecular weight is 623 g/mol. The van der Waals surface area contributed by atoms with Gasteiger partial charge in [0.1, 0.15) is 12.6 Å². The lowest BCUT2D eigenvalue weighted by Gasteiger charge is -2.32. The van der Waals surface area contributed by atoms with E-state index in [2.05, 4.69) is 5.32 Å². The molecule has 0 spiro atoms. The molecule has 1 atom stereocenters. The van der Waals surface area contributed by atoms with Crippen LogP contribution in [0, 0.1) is 0 Å². The summed E-state index contributed by atoms with van der Waals surface area (Å²) in [6, 6.07) is 18.1. The van der Waals surface area contributed by atoms with Crippen molar-refractivity contribution < 1.29 is 18.0 Å². The van der Waals surface area contributed by atoms with E-state index in [-0.39, 0.29) is 29.1 Å². The van der Waals surface area contributed by atoms with Crippen LogP contribution in [0.4, 0.5) is 5.69 Å². The summed E-state index contributed by atoms with van der Waals surface area (Å²) in [5, 5.41) is 4.27. The molecule has 3 aromatic carbocycles. The lowest BCUT2D eigenvalue weighted by molar-refractivity contribution is -0.139. The molecule has 1 saturated carbocycles. The molecule has 1 aliphatic carbocycles. The van der Waals surface area contributed by atoms with Crippen molar-refractivity contribution in [3.63, 3.8) is 0 Å². The van der Waals surface area contributed by atoms with Crippen LogP contribution in [-0.2, 0) is 26.2 Å². The van der Waals surface area contributed by atoms with E-state index < -0.39 is 28.5 Å². The van der Waals surface area contributed by atoms with Crippen molar-refractivity contribution in [2.75, 3.05) is 10.8 Å². The number of anilines is 1. The molecule has 11 heteroatoms. The Morgan fingerprint density at radius 3 is 2.10 bits per heavy atom. The van der Waals surface area contributed by atoms with Crippen molar-refractivity contribution >= 4 is 62.3 Å². The van der Waals surface area contributed by atoms with Crippen molar-refractivity contribution in [2.24, 2.45) is 0 Å². The van der Waals surface area contributed by atoms with Gasteiger partial charge in [0.05, 0.1) is 10.6 Å². The van der Waals surface area contributed by atoms with E-state index in [1.165, 1.54) is 35.2 Å². The molecule has 212 valence electrons. The third-order valence-corrected chi connectivity index (χ3v) is 9.44. The zero-order valence-corrected chi connectivity index (χ0v) is 25.0. The van der Waals surface area contributed by atoms with Crippen molar-refractivity contribution in [3.8, 4) is 0 Å². The van der Waals surface area contributed by atoms with E-state index in [0.717, 1.165) is 35.6 Å². The highest BCUT2D eigenvalue weighted by atomic mass is 35.5. The predicted molar refractivity (Wildman–Crippen MR) is 159 cm³/mol. The van der Waals surface area contributed by atoms with Crippen LogP contribution in [0.3, 0.4) is 0 Å². The number of carbonyl (C=O) groups excluding carboxylic acids is 2.